The fraction of sp³-hybridized carbons (Fsp3) is 0.467. The van der Waals surface area contributed by atoms with Crippen molar-refractivity contribution >= 4 is 18.0 Å². The molecule has 6 nitrogen and oxygen atoms in total. The van der Waals surface area contributed by atoms with E-state index in [1.54, 1.807) is 6.08 Å². The predicted molar refractivity (Wildman–Crippen MR) is 138 cm³/mol. The van der Waals surface area contributed by atoms with E-state index in [1.165, 1.54) is 18.1 Å². The van der Waals surface area contributed by atoms with Crippen molar-refractivity contribution in [3.63, 3.8) is 0 Å². The van der Waals surface area contributed by atoms with Crippen LogP contribution in [0.4, 0.5) is 0 Å². The average molecular weight is 487 g/mol. The van der Waals surface area contributed by atoms with E-state index in [2.05, 4.69) is 31.0 Å². The molecule has 2 aliphatic heterocycles. The Morgan fingerprint density at radius 3 is 2.83 bits per heavy atom. The first-order valence-electron chi connectivity index (χ1n) is 13.0. The van der Waals surface area contributed by atoms with E-state index < -0.39 is 0 Å². The molecule has 2 bridgehead atoms. The van der Waals surface area contributed by atoms with E-state index in [4.69, 9.17) is 9.47 Å². The van der Waals surface area contributed by atoms with Gasteiger partial charge in [0.25, 0.3) is 0 Å². The van der Waals surface area contributed by atoms with E-state index >= 15 is 0 Å². The van der Waals surface area contributed by atoms with Gasteiger partial charge in [-0.15, -0.1) is 0 Å². The van der Waals surface area contributed by atoms with Gasteiger partial charge < -0.3 is 19.3 Å². The Labute approximate surface area is 212 Å². The van der Waals surface area contributed by atoms with Crippen LogP contribution in [0.15, 0.2) is 42.5 Å². The molecule has 0 unspecified atom stereocenters. The third-order valence-corrected chi connectivity index (χ3v) is 9.12. The number of likely N-dealkylation sites (N-methyl/N-ethyl adjacent to an activating group) is 2. The van der Waals surface area contributed by atoms with E-state index in [-0.39, 0.29) is 29.4 Å². The molecule has 1 saturated carbocycles. The van der Waals surface area contributed by atoms with Gasteiger partial charge in [-0.25, -0.2) is 0 Å². The maximum atomic E-state index is 13.3. The number of carbonyl (C=O) groups excluding carboxylic acids is 2. The lowest BCUT2D eigenvalue weighted by molar-refractivity contribution is -0.135. The molecule has 5 atom stereocenters. The number of amides is 1. The molecule has 1 saturated heterocycles. The lowest BCUT2D eigenvalue weighted by Crippen LogP contribution is -2.68. The standard InChI is InChI=1S/C30H34N2O4/c1-18-6-5-7-20(16-18)8-13-27(34)32(4)23-10-9-22-24-17-21-25(35-19(2)33)11-12-26-28(21)30(22,29(23)36-26)14-15-31(24)3/h5-8,11-13,16,22-24,29H,9-10,14-15,17H2,1-4H3/t22-,23-,24+,29-,30-/m0/s1. The minimum atomic E-state index is -0.299. The highest BCUT2D eigenvalue weighted by molar-refractivity contribution is 5.92. The van der Waals surface area contributed by atoms with Crippen molar-refractivity contribution in [1.82, 2.24) is 9.80 Å². The van der Waals surface area contributed by atoms with Gasteiger partial charge in [0, 0.05) is 42.6 Å². The second-order valence-corrected chi connectivity index (χ2v) is 11.0. The first kappa shape index (κ1) is 23.3. The monoisotopic (exact) mass is 486 g/mol. The van der Waals surface area contributed by atoms with Gasteiger partial charge in [-0.2, -0.15) is 0 Å². The van der Waals surface area contributed by atoms with Crippen molar-refractivity contribution < 1.29 is 19.1 Å². The summed E-state index contributed by atoms with van der Waals surface area (Å²) in [6.45, 7) is 4.51. The minimum Gasteiger partial charge on any atom is -0.487 e. The van der Waals surface area contributed by atoms with Gasteiger partial charge in [0.05, 0.1) is 6.04 Å². The van der Waals surface area contributed by atoms with E-state index in [1.807, 2.05) is 42.3 Å². The van der Waals surface area contributed by atoms with Gasteiger partial charge in [-0.1, -0.05) is 29.8 Å². The van der Waals surface area contributed by atoms with Crippen LogP contribution in [-0.2, 0) is 21.4 Å². The lowest BCUT2D eigenvalue weighted by atomic mass is 9.51. The Hall–Kier alpha value is -3.12. The third kappa shape index (κ3) is 3.41. The molecule has 2 fully saturated rings. The van der Waals surface area contributed by atoms with E-state index in [0.29, 0.717) is 17.7 Å². The third-order valence-electron chi connectivity index (χ3n) is 9.12. The van der Waals surface area contributed by atoms with Gasteiger partial charge in [0.1, 0.15) is 17.6 Å². The summed E-state index contributed by atoms with van der Waals surface area (Å²) < 4.78 is 12.4. The highest BCUT2D eigenvalue weighted by atomic mass is 16.5. The molecule has 4 aliphatic rings. The number of piperidine rings is 1. The fourth-order valence-corrected chi connectivity index (χ4v) is 7.58. The number of ether oxygens (including phenoxy) is 2. The lowest BCUT2D eigenvalue weighted by Gasteiger charge is -2.59. The number of rotatable bonds is 4. The molecule has 0 N–H and O–H groups in total. The zero-order chi connectivity index (χ0) is 25.2. The van der Waals surface area contributed by atoms with Gasteiger partial charge in [0.2, 0.25) is 5.91 Å². The fourth-order valence-electron chi connectivity index (χ4n) is 7.58. The van der Waals surface area contributed by atoms with E-state index in [9.17, 15) is 9.59 Å². The average Bonchev–Trinajstić information content (AvgIpc) is 3.19. The Morgan fingerprint density at radius 1 is 1.22 bits per heavy atom. The first-order chi connectivity index (χ1) is 17.3. The molecule has 2 aromatic rings. The number of nitrogens with zero attached hydrogens (tertiary/aromatic N) is 2. The molecule has 2 aliphatic carbocycles. The summed E-state index contributed by atoms with van der Waals surface area (Å²) in [6, 6.07) is 12.4. The van der Waals surface area contributed by atoms with Gasteiger partial charge >= 0.3 is 5.97 Å². The second-order valence-electron chi connectivity index (χ2n) is 11.0. The predicted octanol–water partition coefficient (Wildman–Crippen LogP) is 4.13. The van der Waals surface area contributed by atoms with Crippen molar-refractivity contribution in [3.05, 3.63) is 64.7 Å². The summed E-state index contributed by atoms with van der Waals surface area (Å²) in [5, 5.41) is 0. The molecule has 1 spiro atoms. The number of hydrogen-bond acceptors (Lipinski definition) is 5. The SMILES string of the molecule is CC(=O)Oc1ccc2c3c1C[C@@H]1[C@@H]4CC[C@H](N(C)C(=O)C=Cc5cccc(C)c5)[C@H](O2)[C@]34CCN1C. The topological polar surface area (TPSA) is 59.1 Å². The summed E-state index contributed by atoms with van der Waals surface area (Å²) in [6.07, 6.45) is 7.30. The molecule has 0 aromatic heterocycles. The normalized spacial score (nSPS) is 30.0. The van der Waals surface area contributed by atoms with Crippen LogP contribution in [0.3, 0.4) is 0 Å². The molecule has 36 heavy (non-hydrogen) atoms. The number of benzene rings is 2. The van der Waals surface area contributed by atoms with Crippen LogP contribution in [0.1, 0.15) is 48.4 Å². The highest BCUT2D eigenvalue weighted by Gasteiger charge is 2.66. The van der Waals surface area contributed by atoms with Gasteiger partial charge in [-0.3, -0.25) is 9.59 Å². The smallest absolute Gasteiger partial charge is 0.308 e. The Balaban J connectivity index is 1.36. The van der Waals surface area contributed by atoms with Gasteiger partial charge in [-0.05, 0) is 75.9 Å². The molecular formula is C30H34N2O4. The number of carbonyl (C=O) groups is 2. The quantitative estimate of drug-likeness (QED) is 0.370. The summed E-state index contributed by atoms with van der Waals surface area (Å²) in [4.78, 5) is 29.6. The minimum absolute atomic E-state index is 0.00275. The van der Waals surface area contributed by atoms with E-state index in [0.717, 1.165) is 49.1 Å². The summed E-state index contributed by atoms with van der Waals surface area (Å²) in [5.41, 5.74) is 4.39. The molecule has 6 rings (SSSR count). The van der Waals surface area contributed by atoms with Crippen LogP contribution in [-0.4, -0.2) is 60.5 Å². The van der Waals surface area contributed by atoms with Gasteiger partial charge in [0.15, 0.2) is 0 Å². The number of likely N-dealkylation sites (tertiary alicyclic amines) is 1. The maximum Gasteiger partial charge on any atom is 0.308 e. The summed E-state index contributed by atoms with van der Waals surface area (Å²) in [7, 11) is 4.12. The molecule has 6 heteroatoms. The van der Waals surface area contributed by atoms with Crippen LogP contribution in [0, 0.1) is 12.8 Å². The second kappa shape index (κ2) is 8.48. The molecule has 2 heterocycles. The Morgan fingerprint density at radius 2 is 2.06 bits per heavy atom. The summed E-state index contributed by atoms with van der Waals surface area (Å²) in [5.74, 6) is 1.73. The van der Waals surface area contributed by atoms with Crippen molar-refractivity contribution in [2.75, 3.05) is 20.6 Å². The molecular weight excluding hydrogens is 452 g/mol. The number of aryl methyl sites for hydroxylation is 1. The molecule has 2 aromatic carbocycles. The van der Waals surface area contributed by atoms with Crippen molar-refractivity contribution in [2.24, 2.45) is 5.92 Å². The van der Waals surface area contributed by atoms with Crippen molar-refractivity contribution in [1.29, 1.82) is 0 Å². The number of esters is 1. The highest BCUT2D eigenvalue weighted by Crippen LogP contribution is 2.63. The Kier molecular flexibility index (Phi) is 5.48. The summed E-state index contributed by atoms with van der Waals surface area (Å²) >= 11 is 0. The van der Waals surface area contributed by atoms with Crippen LogP contribution < -0.4 is 9.47 Å². The zero-order valence-electron chi connectivity index (χ0n) is 21.5. The largest absolute Gasteiger partial charge is 0.487 e. The zero-order valence-corrected chi connectivity index (χ0v) is 21.5. The molecule has 0 radical (unpaired) electrons. The van der Waals surface area contributed by atoms with Crippen LogP contribution in [0.5, 0.6) is 11.5 Å². The van der Waals surface area contributed by atoms with Crippen LogP contribution in [0.25, 0.3) is 6.08 Å². The Bertz CT molecular complexity index is 1270. The van der Waals surface area contributed by atoms with Crippen molar-refractivity contribution in [3.8, 4) is 11.5 Å². The molecule has 188 valence electrons. The van der Waals surface area contributed by atoms with Crippen LogP contribution in [0.2, 0.25) is 0 Å². The maximum absolute atomic E-state index is 13.3. The van der Waals surface area contributed by atoms with Crippen LogP contribution >= 0.6 is 0 Å². The first-order valence-corrected chi connectivity index (χ1v) is 13.0. The van der Waals surface area contributed by atoms with Crippen molar-refractivity contribution in [2.45, 2.75) is 63.1 Å². The molecule has 1 amide bonds. The number of hydrogen-bond donors (Lipinski definition) is 0.